The number of ether oxygens (including phenoxy) is 3. The topological polar surface area (TPSA) is 94.2 Å². The van der Waals surface area contributed by atoms with Gasteiger partial charge >= 0.3 is 0 Å². The van der Waals surface area contributed by atoms with Gasteiger partial charge in [-0.2, -0.15) is 0 Å². The number of nitrogens with one attached hydrogen (secondary N) is 1. The first kappa shape index (κ1) is 27.2. The summed E-state index contributed by atoms with van der Waals surface area (Å²) in [7, 11) is 2.99. The highest BCUT2D eigenvalue weighted by atomic mass is 79.9. The summed E-state index contributed by atoms with van der Waals surface area (Å²) in [4.78, 5) is 38.9. The van der Waals surface area contributed by atoms with Crippen LogP contribution >= 0.6 is 27.7 Å². The maximum atomic E-state index is 13.9. The van der Waals surface area contributed by atoms with Crippen LogP contribution in [0, 0.1) is 5.82 Å². The summed E-state index contributed by atoms with van der Waals surface area (Å²) < 4.78 is 30.8. The molecule has 0 saturated carbocycles. The molecule has 3 aromatic rings. The molecule has 0 unspecified atom stereocenters. The quantitative estimate of drug-likeness (QED) is 0.307. The van der Waals surface area contributed by atoms with Crippen molar-refractivity contribution in [2.75, 3.05) is 26.1 Å². The van der Waals surface area contributed by atoms with E-state index in [-0.39, 0.29) is 17.3 Å². The fourth-order valence-electron chi connectivity index (χ4n) is 3.50. The van der Waals surface area contributed by atoms with E-state index in [0.29, 0.717) is 38.5 Å². The van der Waals surface area contributed by atoms with Crippen molar-refractivity contribution >= 4 is 56.5 Å². The number of amides is 3. The second kappa shape index (κ2) is 12.1. The molecule has 1 fully saturated rings. The van der Waals surface area contributed by atoms with Crippen molar-refractivity contribution < 1.29 is 33.0 Å². The average molecular weight is 601 g/mol. The van der Waals surface area contributed by atoms with E-state index in [1.807, 2.05) is 0 Å². The molecule has 1 heterocycles. The zero-order valence-corrected chi connectivity index (χ0v) is 22.7. The number of benzene rings is 3. The molecule has 3 amide bonds. The van der Waals surface area contributed by atoms with Crippen molar-refractivity contribution in [2.24, 2.45) is 0 Å². The zero-order chi connectivity index (χ0) is 27.2. The first-order valence-electron chi connectivity index (χ1n) is 11.2. The summed E-state index contributed by atoms with van der Waals surface area (Å²) in [6, 6.07) is 16.2. The van der Waals surface area contributed by atoms with Crippen LogP contribution in [0.2, 0.25) is 0 Å². The van der Waals surface area contributed by atoms with Crippen molar-refractivity contribution in [2.45, 2.75) is 6.61 Å². The molecule has 11 heteroatoms. The Kier molecular flexibility index (Phi) is 8.70. The lowest BCUT2D eigenvalue weighted by Crippen LogP contribution is -2.36. The third kappa shape index (κ3) is 6.35. The second-order valence-corrected chi connectivity index (χ2v) is 9.80. The van der Waals surface area contributed by atoms with E-state index in [9.17, 15) is 18.8 Å². The third-order valence-corrected chi connectivity index (χ3v) is 7.05. The van der Waals surface area contributed by atoms with Crippen molar-refractivity contribution in [3.8, 4) is 17.2 Å². The minimum absolute atomic E-state index is 0.00764. The second-order valence-electron chi connectivity index (χ2n) is 7.95. The van der Waals surface area contributed by atoms with Gasteiger partial charge in [0, 0.05) is 15.7 Å². The number of methoxy groups -OCH3 is 2. The fourth-order valence-corrected chi connectivity index (χ4v) is 4.77. The van der Waals surface area contributed by atoms with E-state index in [0.717, 1.165) is 16.7 Å². The monoisotopic (exact) mass is 600 g/mol. The number of rotatable bonds is 9. The summed E-state index contributed by atoms with van der Waals surface area (Å²) in [6.45, 7) is -0.437. The van der Waals surface area contributed by atoms with E-state index in [1.165, 1.54) is 26.4 Å². The zero-order valence-electron chi connectivity index (χ0n) is 20.3. The van der Waals surface area contributed by atoms with Gasteiger partial charge in [-0.25, -0.2) is 4.39 Å². The van der Waals surface area contributed by atoms with E-state index >= 15 is 0 Å². The van der Waals surface area contributed by atoms with E-state index < -0.39 is 23.6 Å². The maximum absolute atomic E-state index is 13.9. The Hall–Kier alpha value is -3.83. The van der Waals surface area contributed by atoms with Gasteiger partial charge in [-0.3, -0.25) is 19.3 Å². The Morgan fingerprint density at radius 1 is 1.05 bits per heavy atom. The molecule has 0 bridgehead atoms. The first-order chi connectivity index (χ1) is 18.3. The minimum Gasteiger partial charge on any atom is -0.497 e. The highest BCUT2D eigenvalue weighted by Gasteiger charge is 2.36. The number of anilines is 1. The molecule has 1 N–H and O–H groups in total. The van der Waals surface area contributed by atoms with Crippen LogP contribution in [0.3, 0.4) is 0 Å². The molecule has 1 aliphatic heterocycles. The number of hydrogen-bond donors (Lipinski definition) is 1. The molecule has 0 aliphatic carbocycles. The van der Waals surface area contributed by atoms with Crippen LogP contribution in [0.1, 0.15) is 11.1 Å². The molecule has 0 spiro atoms. The van der Waals surface area contributed by atoms with Gasteiger partial charge < -0.3 is 19.5 Å². The third-order valence-electron chi connectivity index (χ3n) is 5.46. The van der Waals surface area contributed by atoms with E-state index in [4.69, 9.17) is 14.2 Å². The molecule has 0 atom stereocenters. The summed E-state index contributed by atoms with van der Waals surface area (Å²) in [5.74, 6) is -0.132. The van der Waals surface area contributed by atoms with Crippen LogP contribution in [0.4, 0.5) is 14.9 Å². The van der Waals surface area contributed by atoms with Gasteiger partial charge in [0.25, 0.3) is 11.1 Å². The molecular weight excluding hydrogens is 579 g/mol. The Morgan fingerprint density at radius 2 is 1.79 bits per heavy atom. The highest BCUT2D eigenvalue weighted by molar-refractivity contribution is 9.10. The van der Waals surface area contributed by atoms with E-state index in [1.54, 1.807) is 54.6 Å². The van der Waals surface area contributed by atoms with E-state index in [2.05, 4.69) is 21.2 Å². The SMILES string of the molecule is COc1ccc(NC(=O)CN2C(=O)S/C(=C/c3cc(OC)c(OCc4ccccc4F)cc3Br)C2=O)cc1. The molecule has 1 saturated heterocycles. The number of halogens is 2. The fraction of sp³-hybridized carbons (Fsp3) is 0.148. The smallest absolute Gasteiger partial charge is 0.294 e. The van der Waals surface area contributed by atoms with Crippen LogP contribution in [0.25, 0.3) is 6.08 Å². The Morgan fingerprint density at radius 3 is 2.47 bits per heavy atom. The molecule has 1 aliphatic rings. The van der Waals surface area contributed by atoms with Crippen molar-refractivity contribution in [1.29, 1.82) is 0 Å². The number of hydrogen-bond acceptors (Lipinski definition) is 7. The standard InChI is InChI=1S/C27H22BrFN2O6S/c1-35-19-9-7-18(8-10-19)30-25(32)14-31-26(33)24(38-27(31)34)12-17-11-22(36-2)23(13-20(17)28)37-15-16-5-3-4-6-21(16)29/h3-13H,14-15H2,1-2H3,(H,30,32)/b24-12+. The van der Waals surface area contributed by atoms with Gasteiger partial charge in [0.05, 0.1) is 19.1 Å². The van der Waals surface area contributed by atoms with Gasteiger partial charge in [0.1, 0.15) is 24.7 Å². The average Bonchev–Trinajstić information content (AvgIpc) is 3.17. The van der Waals surface area contributed by atoms with Crippen molar-refractivity contribution in [3.05, 3.63) is 87.0 Å². The first-order valence-corrected chi connectivity index (χ1v) is 12.8. The number of imide groups is 1. The summed E-state index contributed by atoms with van der Waals surface area (Å²) in [6.07, 6.45) is 1.53. The predicted octanol–water partition coefficient (Wildman–Crippen LogP) is 5.86. The molecule has 0 radical (unpaired) electrons. The number of carbonyl (C=O) groups excluding carboxylic acids is 3. The van der Waals surface area contributed by atoms with Gasteiger partial charge in [0.2, 0.25) is 5.91 Å². The Bertz CT molecular complexity index is 1410. The summed E-state index contributed by atoms with van der Waals surface area (Å²) in [5.41, 5.74) is 1.44. The van der Waals surface area contributed by atoms with Crippen LogP contribution in [0.15, 0.2) is 70.0 Å². The highest BCUT2D eigenvalue weighted by Crippen LogP contribution is 2.38. The number of carbonyl (C=O) groups is 3. The lowest BCUT2D eigenvalue weighted by Gasteiger charge is -2.14. The van der Waals surface area contributed by atoms with Crippen molar-refractivity contribution in [3.63, 3.8) is 0 Å². The van der Waals surface area contributed by atoms with Gasteiger partial charge in [-0.1, -0.05) is 34.1 Å². The molecule has 3 aromatic carbocycles. The molecule has 196 valence electrons. The van der Waals surface area contributed by atoms with Crippen LogP contribution in [-0.2, 0) is 16.2 Å². The maximum Gasteiger partial charge on any atom is 0.294 e. The Labute approximate surface area is 230 Å². The van der Waals surface area contributed by atoms with Gasteiger partial charge in [0.15, 0.2) is 11.5 Å². The summed E-state index contributed by atoms with van der Waals surface area (Å²) in [5, 5.41) is 2.10. The molecular formula is C27H22BrFN2O6S. The molecule has 8 nitrogen and oxygen atoms in total. The number of nitrogens with zero attached hydrogens (tertiary/aromatic N) is 1. The Balaban J connectivity index is 1.46. The van der Waals surface area contributed by atoms with Crippen LogP contribution in [-0.4, -0.2) is 42.7 Å². The van der Waals surface area contributed by atoms with Crippen molar-refractivity contribution in [1.82, 2.24) is 4.90 Å². The molecule has 38 heavy (non-hydrogen) atoms. The lowest BCUT2D eigenvalue weighted by molar-refractivity contribution is -0.127. The van der Waals surface area contributed by atoms with Gasteiger partial charge in [-0.05, 0) is 65.9 Å². The largest absolute Gasteiger partial charge is 0.497 e. The van der Waals surface area contributed by atoms with Gasteiger partial charge in [-0.15, -0.1) is 0 Å². The molecule has 0 aromatic heterocycles. The lowest BCUT2D eigenvalue weighted by atomic mass is 10.1. The molecule has 4 rings (SSSR count). The summed E-state index contributed by atoms with van der Waals surface area (Å²) >= 11 is 4.18. The van der Waals surface area contributed by atoms with Crippen LogP contribution in [0.5, 0.6) is 17.2 Å². The van der Waals surface area contributed by atoms with Crippen LogP contribution < -0.4 is 19.5 Å². The predicted molar refractivity (Wildman–Crippen MR) is 146 cm³/mol. The minimum atomic E-state index is -0.587. The number of thioether (sulfide) groups is 1. The normalized spacial score (nSPS) is 14.1.